The van der Waals surface area contributed by atoms with E-state index in [4.69, 9.17) is 0 Å². The van der Waals surface area contributed by atoms with E-state index < -0.39 is 0 Å². The SMILES string of the molecule is CCc1nc(CC)n(Cc2cccc(CNC3CC3)c2)n1. The van der Waals surface area contributed by atoms with Crippen LogP contribution in [0.5, 0.6) is 0 Å². The number of rotatable bonds is 7. The maximum absolute atomic E-state index is 4.60. The highest BCUT2D eigenvalue weighted by Crippen LogP contribution is 2.19. The van der Waals surface area contributed by atoms with Crippen molar-refractivity contribution in [3.8, 4) is 0 Å². The molecule has 0 spiro atoms. The standard InChI is InChI=1S/C17H24N4/c1-3-16-19-17(4-2)21(20-16)12-14-7-5-6-13(10-14)11-18-15-8-9-15/h5-7,10,15,18H,3-4,8-9,11-12H2,1-2H3. The maximum Gasteiger partial charge on any atom is 0.150 e. The third kappa shape index (κ3) is 3.70. The van der Waals surface area contributed by atoms with Gasteiger partial charge in [-0.2, -0.15) is 5.10 Å². The molecule has 0 radical (unpaired) electrons. The van der Waals surface area contributed by atoms with Crippen LogP contribution < -0.4 is 5.32 Å². The van der Waals surface area contributed by atoms with Crippen molar-refractivity contribution in [2.75, 3.05) is 0 Å². The second-order valence-corrected chi connectivity index (χ2v) is 5.78. The summed E-state index contributed by atoms with van der Waals surface area (Å²) >= 11 is 0. The first-order valence-corrected chi connectivity index (χ1v) is 8.02. The van der Waals surface area contributed by atoms with Crippen molar-refractivity contribution in [3.05, 3.63) is 47.0 Å². The van der Waals surface area contributed by atoms with Crippen molar-refractivity contribution in [2.45, 2.75) is 58.7 Å². The molecule has 1 aliphatic carbocycles. The van der Waals surface area contributed by atoms with Gasteiger partial charge in [0.15, 0.2) is 5.82 Å². The fraction of sp³-hybridized carbons (Fsp3) is 0.529. The molecule has 112 valence electrons. The lowest BCUT2D eigenvalue weighted by molar-refractivity contribution is 0.635. The summed E-state index contributed by atoms with van der Waals surface area (Å²) < 4.78 is 2.05. The van der Waals surface area contributed by atoms with Crippen LogP contribution in [0.2, 0.25) is 0 Å². The Bertz CT molecular complexity index is 599. The summed E-state index contributed by atoms with van der Waals surface area (Å²) in [4.78, 5) is 4.57. The Labute approximate surface area is 126 Å². The molecule has 4 heteroatoms. The first-order valence-electron chi connectivity index (χ1n) is 8.02. The molecule has 0 atom stereocenters. The molecule has 2 aromatic rings. The van der Waals surface area contributed by atoms with Gasteiger partial charge in [0, 0.05) is 25.4 Å². The highest BCUT2D eigenvalue weighted by atomic mass is 15.3. The fourth-order valence-electron chi connectivity index (χ4n) is 2.52. The molecule has 1 heterocycles. The summed E-state index contributed by atoms with van der Waals surface area (Å²) in [5.74, 6) is 2.02. The zero-order chi connectivity index (χ0) is 14.7. The molecule has 0 amide bonds. The Hall–Kier alpha value is -1.68. The largest absolute Gasteiger partial charge is 0.310 e. The van der Waals surface area contributed by atoms with Crippen molar-refractivity contribution in [2.24, 2.45) is 0 Å². The van der Waals surface area contributed by atoms with Gasteiger partial charge in [0.05, 0.1) is 6.54 Å². The molecule has 4 nitrogen and oxygen atoms in total. The van der Waals surface area contributed by atoms with E-state index in [-0.39, 0.29) is 0 Å². The lowest BCUT2D eigenvalue weighted by Crippen LogP contribution is -2.15. The van der Waals surface area contributed by atoms with Crippen LogP contribution in [0, 0.1) is 0 Å². The van der Waals surface area contributed by atoms with Crippen LogP contribution in [0.25, 0.3) is 0 Å². The predicted molar refractivity (Wildman–Crippen MR) is 84.2 cm³/mol. The Morgan fingerprint density at radius 3 is 2.71 bits per heavy atom. The number of nitrogens with one attached hydrogen (secondary N) is 1. The number of aromatic nitrogens is 3. The van der Waals surface area contributed by atoms with Crippen LogP contribution in [0.3, 0.4) is 0 Å². The topological polar surface area (TPSA) is 42.7 Å². The number of benzene rings is 1. The fourth-order valence-corrected chi connectivity index (χ4v) is 2.52. The monoisotopic (exact) mass is 284 g/mol. The molecule has 0 saturated heterocycles. The van der Waals surface area contributed by atoms with Gasteiger partial charge >= 0.3 is 0 Å². The van der Waals surface area contributed by atoms with Gasteiger partial charge in [-0.3, -0.25) is 0 Å². The van der Waals surface area contributed by atoms with Crippen LogP contribution in [0.4, 0.5) is 0 Å². The lowest BCUT2D eigenvalue weighted by Gasteiger charge is -2.08. The molecule has 1 aliphatic rings. The smallest absolute Gasteiger partial charge is 0.150 e. The quantitative estimate of drug-likeness (QED) is 0.850. The van der Waals surface area contributed by atoms with Crippen LogP contribution >= 0.6 is 0 Å². The second-order valence-electron chi connectivity index (χ2n) is 5.78. The summed E-state index contributed by atoms with van der Waals surface area (Å²) in [5.41, 5.74) is 2.65. The lowest BCUT2D eigenvalue weighted by atomic mass is 10.1. The zero-order valence-corrected chi connectivity index (χ0v) is 13.0. The Balaban J connectivity index is 1.71. The molecule has 3 rings (SSSR count). The van der Waals surface area contributed by atoms with E-state index in [1.807, 2.05) is 4.68 Å². The average molecular weight is 284 g/mol. The summed E-state index contributed by atoms with van der Waals surface area (Å²) in [5, 5.41) is 8.16. The highest BCUT2D eigenvalue weighted by Gasteiger charge is 2.19. The predicted octanol–water partition coefficient (Wildman–Crippen LogP) is 2.70. The Morgan fingerprint density at radius 2 is 2.00 bits per heavy atom. The van der Waals surface area contributed by atoms with E-state index in [2.05, 4.69) is 53.5 Å². The molecule has 1 saturated carbocycles. The Morgan fingerprint density at radius 1 is 1.19 bits per heavy atom. The molecular weight excluding hydrogens is 260 g/mol. The van der Waals surface area contributed by atoms with Gasteiger partial charge in [0.2, 0.25) is 0 Å². The molecule has 1 aromatic heterocycles. The number of nitrogens with zero attached hydrogens (tertiary/aromatic N) is 3. The normalized spacial score (nSPS) is 14.6. The minimum absolute atomic E-state index is 0.753. The van der Waals surface area contributed by atoms with Gasteiger partial charge in [-0.05, 0) is 24.0 Å². The van der Waals surface area contributed by atoms with Crippen molar-refractivity contribution in [1.29, 1.82) is 0 Å². The Kier molecular flexibility index (Phi) is 4.34. The first kappa shape index (κ1) is 14.3. The zero-order valence-electron chi connectivity index (χ0n) is 13.0. The van der Waals surface area contributed by atoms with Gasteiger partial charge in [0.25, 0.3) is 0 Å². The molecule has 0 aliphatic heterocycles. The van der Waals surface area contributed by atoms with E-state index in [0.717, 1.165) is 43.6 Å². The van der Waals surface area contributed by atoms with Crippen molar-refractivity contribution >= 4 is 0 Å². The average Bonchev–Trinajstić information content (AvgIpc) is 3.26. The maximum atomic E-state index is 4.60. The summed E-state index contributed by atoms with van der Waals surface area (Å²) in [6.45, 7) is 6.02. The number of hydrogen-bond acceptors (Lipinski definition) is 3. The molecular formula is C17H24N4. The van der Waals surface area contributed by atoms with E-state index in [1.54, 1.807) is 0 Å². The van der Waals surface area contributed by atoms with Crippen molar-refractivity contribution in [1.82, 2.24) is 20.1 Å². The van der Waals surface area contributed by atoms with Gasteiger partial charge in [-0.25, -0.2) is 9.67 Å². The van der Waals surface area contributed by atoms with E-state index in [9.17, 15) is 0 Å². The third-order valence-electron chi connectivity index (χ3n) is 3.92. The molecule has 1 aromatic carbocycles. The van der Waals surface area contributed by atoms with Gasteiger partial charge in [-0.1, -0.05) is 38.1 Å². The van der Waals surface area contributed by atoms with Gasteiger partial charge in [-0.15, -0.1) is 0 Å². The first-order chi connectivity index (χ1) is 10.3. The van der Waals surface area contributed by atoms with E-state index >= 15 is 0 Å². The molecule has 1 fully saturated rings. The minimum atomic E-state index is 0.753. The van der Waals surface area contributed by atoms with Crippen LogP contribution in [0.1, 0.15) is 49.5 Å². The molecule has 0 unspecified atom stereocenters. The van der Waals surface area contributed by atoms with Gasteiger partial charge in [0.1, 0.15) is 5.82 Å². The summed E-state index contributed by atoms with van der Waals surface area (Å²) in [6, 6.07) is 9.54. The van der Waals surface area contributed by atoms with Crippen LogP contribution in [0.15, 0.2) is 24.3 Å². The van der Waals surface area contributed by atoms with E-state index in [0.29, 0.717) is 0 Å². The number of hydrogen-bond donors (Lipinski definition) is 1. The van der Waals surface area contributed by atoms with Crippen LogP contribution in [-0.4, -0.2) is 20.8 Å². The van der Waals surface area contributed by atoms with Crippen LogP contribution in [-0.2, 0) is 25.9 Å². The van der Waals surface area contributed by atoms with Crippen molar-refractivity contribution in [3.63, 3.8) is 0 Å². The summed E-state index contributed by atoms with van der Waals surface area (Å²) in [7, 11) is 0. The summed E-state index contributed by atoms with van der Waals surface area (Å²) in [6.07, 6.45) is 4.48. The second kappa shape index (κ2) is 6.39. The number of aryl methyl sites for hydroxylation is 2. The van der Waals surface area contributed by atoms with Crippen molar-refractivity contribution < 1.29 is 0 Å². The third-order valence-corrected chi connectivity index (χ3v) is 3.92. The molecule has 0 bridgehead atoms. The molecule has 21 heavy (non-hydrogen) atoms. The van der Waals surface area contributed by atoms with E-state index in [1.165, 1.54) is 24.0 Å². The highest BCUT2D eigenvalue weighted by molar-refractivity contribution is 5.24. The van der Waals surface area contributed by atoms with Gasteiger partial charge < -0.3 is 5.32 Å². The minimum Gasteiger partial charge on any atom is -0.310 e. The molecule has 1 N–H and O–H groups in total.